The second-order valence-electron chi connectivity index (χ2n) is 6.35. The van der Waals surface area contributed by atoms with E-state index in [1.54, 1.807) is 41.3 Å². The summed E-state index contributed by atoms with van der Waals surface area (Å²) in [6, 6.07) is 10.3. The zero-order valence-electron chi connectivity index (χ0n) is 15.3. The third-order valence-corrected chi connectivity index (χ3v) is 4.44. The molecule has 4 aromatic rings. The molecule has 0 aliphatic heterocycles. The van der Waals surface area contributed by atoms with Crippen LogP contribution in [0.4, 0.5) is 10.2 Å². The van der Waals surface area contributed by atoms with Gasteiger partial charge in [0.2, 0.25) is 0 Å². The molecule has 0 fully saturated rings. The fourth-order valence-electron chi connectivity index (χ4n) is 3.13. The number of nitrogens with zero attached hydrogens (tertiary/aromatic N) is 6. The molecule has 3 heterocycles. The Morgan fingerprint density at radius 1 is 1.18 bits per heavy atom. The molecule has 0 aliphatic carbocycles. The van der Waals surface area contributed by atoms with E-state index in [9.17, 15) is 9.65 Å². The lowest BCUT2D eigenvalue weighted by Crippen LogP contribution is -2.00. The molecular weight excluding hydrogens is 357 g/mol. The molecule has 0 unspecified atom stereocenters. The number of nitrogens with two attached hydrogens (primary N) is 1. The summed E-state index contributed by atoms with van der Waals surface area (Å²) in [6.45, 7) is 1.86. The lowest BCUT2D eigenvalue weighted by Gasteiger charge is -2.08. The molecule has 2 N–H and O–H groups in total. The van der Waals surface area contributed by atoms with E-state index in [1.807, 2.05) is 20.2 Å². The van der Waals surface area contributed by atoms with Gasteiger partial charge in [-0.1, -0.05) is 12.1 Å². The van der Waals surface area contributed by atoms with Crippen molar-refractivity contribution in [3.05, 3.63) is 66.0 Å². The lowest BCUT2D eigenvalue weighted by molar-refractivity contribution is 0.611. The highest BCUT2D eigenvalue weighted by Crippen LogP contribution is 2.32. The predicted molar refractivity (Wildman–Crippen MR) is 103 cm³/mol. The average molecular weight is 373 g/mol. The van der Waals surface area contributed by atoms with Crippen LogP contribution in [0.25, 0.3) is 28.1 Å². The zero-order chi connectivity index (χ0) is 19.8. The highest BCUT2D eigenvalue weighted by molar-refractivity contribution is 5.80. The van der Waals surface area contributed by atoms with Gasteiger partial charge < -0.3 is 5.73 Å². The number of rotatable bonds is 3. The van der Waals surface area contributed by atoms with E-state index in [-0.39, 0.29) is 11.6 Å². The van der Waals surface area contributed by atoms with Gasteiger partial charge >= 0.3 is 0 Å². The van der Waals surface area contributed by atoms with Crippen LogP contribution in [-0.4, -0.2) is 24.5 Å². The Bertz CT molecular complexity index is 1230. The molecule has 138 valence electrons. The van der Waals surface area contributed by atoms with E-state index in [0.717, 1.165) is 11.3 Å². The number of nitrogen functional groups attached to an aromatic ring is 1. The molecule has 7 nitrogen and oxygen atoms in total. The molecule has 1 aromatic carbocycles. The first-order valence-electron chi connectivity index (χ1n) is 8.49. The number of aryl methyl sites for hydroxylation is 2. The number of halogens is 1. The summed E-state index contributed by atoms with van der Waals surface area (Å²) in [4.78, 5) is 4.35. The van der Waals surface area contributed by atoms with E-state index in [4.69, 9.17) is 5.73 Å². The van der Waals surface area contributed by atoms with Gasteiger partial charge in [0.05, 0.1) is 17.6 Å². The molecule has 0 saturated heterocycles. The van der Waals surface area contributed by atoms with Crippen molar-refractivity contribution in [3.63, 3.8) is 0 Å². The van der Waals surface area contributed by atoms with Gasteiger partial charge in [-0.05, 0) is 25.1 Å². The Morgan fingerprint density at radius 2 is 1.96 bits per heavy atom. The maximum atomic E-state index is 14.0. The summed E-state index contributed by atoms with van der Waals surface area (Å²) in [6.07, 6.45) is 5.09. The quantitative estimate of drug-likeness (QED) is 0.594. The van der Waals surface area contributed by atoms with Gasteiger partial charge in [-0.3, -0.25) is 4.68 Å². The maximum absolute atomic E-state index is 14.0. The van der Waals surface area contributed by atoms with Gasteiger partial charge in [0.25, 0.3) is 0 Å². The van der Waals surface area contributed by atoms with Gasteiger partial charge in [-0.2, -0.15) is 15.5 Å². The van der Waals surface area contributed by atoms with Gasteiger partial charge in [0.1, 0.15) is 29.0 Å². The van der Waals surface area contributed by atoms with Gasteiger partial charge in [0.15, 0.2) is 0 Å². The molecule has 0 spiro atoms. The highest BCUT2D eigenvalue weighted by Gasteiger charge is 2.18. The Balaban J connectivity index is 1.85. The van der Waals surface area contributed by atoms with Crippen LogP contribution >= 0.6 is 0 Å². The first kappa shape index (κ1) is 17.4. The molecule has 0 saturated carbocycles. The van der Waals surface area contributed by atoms with Crippen LogP contribution < -0.4 is 5.73 Å². The second kappa shape index (κ2) is 6.63. The van der Waals surface area contributed by atoms with Crippen molar-refractivity contribution in [1.82, 2.24) is 24.5 Å². The highest BCUT2D eigenvalue weighted by atomic mass is 19.1. The topological polar surface area (TPSA) is 98.3 Å². The van der Waals surface area contributed by atoms with Crippen molar-refractivity contribution >= 4 is 5.82 Å². The van der Waals surface area contributed by atoms with Crippen molar-refractivity contribution in [2.75, 3.05) is 5.73 Å². The molecule has 0 amide bonds. The summed E-state index contributed by atoms with van der Waals surface area (Å²) in [5, 5.41) is 18.1. The van der Waals surface area contributed by atoms with E-state index >= 15 is 0 Å². The minimum absolute atomic E-state index is 0.122. The van der Waals surface area contributed by atoms with Gasteiger partial charge in [0, 0.05) is 36.1 Å². The average Bonchev–Trinajstić information content (AvgIpc) is 3.28. The van der Waals surface area contributed by atoms with Crippen molar-refractivity contribution < 1.29 is 4.39 Å². The van der Waals surface area contributed by atoms with E-state index in [0.29, 0.717) is 28.1 Å². The SMILES string of the molecule is Cc1nn(C)cc1-c1cc(-c2cnn(-c3ccccc3F)c2)nc(N)c1C#N. The largest absolute Gasteiger partial charge is 0.383 e. The second-order valence-corrected chi connectivity index (χ2v) is 6.35. The number of aromatic nitrogens is 5. The van der Waals surface area contributed by atoms with Crippen molar-refractivity contribution in [2.24, 2.45) is 7.05 Å². The lowest BCUT2D eigenvalue weighted by atomic mass is 10.00. The van der Waals surface area contributed by atoms with Crippen molar-refractivity contribution in [3.8, 4) is 34.1 Å². The van der Waals surface area contributed by atoms with E-state index < -0.39 is 0 Å². The number of anilines is 1. The number of hydrogen-bond donors (Lipinski definition) is 1. The molecule has 0 aliphatic rings. The van der Waals surface area contributed by atoms with Crippen molar-refractivity contribution in [1.29, 1.82) is 5.26 Å². The summed E-state index contributed by atoms with van der Waals surface area (Å²) < 4.78 is 17.2. The molecular formula is C20H16FN7. The number of hydrogen-bond acceptors (Lipinski definition) is 5. The summed E-state index contributed by atoms with van der Waals surface area (Å²) in [5.41, 5.74) is 10.1. The van der Waals surface area contributed by atoms with Crippen LogP contribution in [-0.2, 0) is 7.05 Å². The summed E-state index contributed by atoms with van der Waals surface area (Å²) in [5.74, 6) is -0.256. The van der Waals surface area contributed by atoms with Gasteiger partial charge in [-0.15, -0.1) is 0 Å². The Hall–Kier alpha value is -3.99. The van der Waals surface area contributed by atoms with Crippen LogP contribution in [0.2, 0.25) is 0 Å². The monoisotopic (exact) mass is 373 g/mol. The molecule has 8 heteroatoms. The standard InChI is InChI=1S/C20H16FN7/c1-12-16(11-27(2)26-12)14-7-18(25-20(23)15(14)8-22)13-9-24-28(10-13)19-6-4-3-5-17(19)21/h3-7,9-11H,1-2H3,(H2,23,25). The molecule has 0 bridgehead atoms. The van der Waals surface area contributed by atoms with Crippen LogP contribution in [0.3, 0.4) is 0 Å². The van der Waals surface area contributed by atoms with E-state index in [1.165, 1.54) is 10.7 Å². The van der Waals surface area contributed by atoms with E-state index in [2.05, 4.69) is 21.3 Å². The van der Waals surface area contributed by atoms with Crippen molar-refractivity contribution in [2.45, 2.75) is 6.92 Å². The number of para-hydroxylation sites is 1. The molecule has 3 aromatic heterocycles. The minimum atomic E-state index is -0.379. The first-order chi connectivity index (χ1) is 13.5. The third-order valence-electron chi connectivity index (χ3n) is 4.44. The maximum Gasteiger partial charge on any atom is 0.148 e. The molecule has 4 rings (SSSR count). The normalized spacial score (nSPS) is 10.8. The Morgan fingerprint density at radius 3 is 2.64 bits per heavy atom. The Labute approximate surface area is 160 Å². The summed E-state index contributed by atoms with van der Waals surface area (Å²) >= 11 is 0. The fraction of sp³-hybridized carbons (Fsp3) is 0.100. The number of nitriles is 1. The molecule has 28 heavy (non-hydrogen) atoms. The third kappa shape index (κ3) is 2.89. The van der Waals surface area contributed by atoms with Gasteiger partial charge in [-0.25, -0.2) is 14.1 Å². The first-order valence-corrected chi connectivity index (χ1v) is 8.49. The zero-order valence-corrected chi connectivity index (χ0v) is 15.3. The van der Waals surface area contributed by atoms with Crippen LogP contribution in [0.15, 0.2) is 48.9 Å². The Kier molecular flexibility index (Phi) is 4.12. The van der Waals surface area contributed by atoms with Crippen LogP contribution in [0.1, 0.15) is 11.3 Å². The predicted octanol–water partition coefficient (Wildman–Crippen LogP) is 3.24. The number of benzene rings is 1. The number of pyridine rings is 1. The van der Waals surface area contributed by atoms with Crippen LogP contribution in [0.5, 0.6) is 0 Å². The van der Waals surface area contributed by atoms with Crippen LogP contribution in [0, 0.1) is 24.1 Å². The molecule has 0 radical (unpaired) electrons. The smallest absolute Gasteiger partial charge is 0.148 e. The minimum Gasteiger partial charge on any atom is -0.383 e. The summed E-state index contributed by atoms with van der Waals surface area (Å²) in [7, 11) is 1.81. The molecule has 0 atom stereocenters. The fourth-order valence-corrected chi connectivity index (χ4v) is 3.13.